The number of carbonyl (C=O) groups excluding carboxylic acids is 1. The fourth-order valence-electron chi connectivity index (χ4n) is 0.760. The van der Waals surface area contributed by atoms with E-state index in [1.807, 2.05) is 11.9 Å². The highest BCUT2D eigenvalue weighted by Gasteiger charge is 2.28. The molecule has 0 aromatic heterocycles. The highest BCUT2D eigenvalue weighted by molar-refractivity contribution is 14.1. The van der Waals surface area contributed by atoms with Crippen molar-refractivity contribution in [1.29, 1.82) is 0 Å². The Balaban J connectivity index is 2.30. The summed E-state index contributed by atoms with van der Waals surface area (Å²) in [6.45, 7) is 0. The molecule has 1 fully saturated rings. The number of hydrogen-bond donors (Lipinski definition) is 0. The summed E-state index contributed by atoms with van der Waals surface area (Å²) < 4.78 is 0.616. The summed E-state index contributed by atoms with van der Waals surface area (Å²) >= 11 is 2.10. The average molecular weight is 239 g/mol. The van der Waals surface area contributed by atoms with Gasteiger partial charge in [0.05, 0.1) is 4.43 Å². The van der Waals surface area contributed by atoms with Crippen LogP contribution in [0.15, 0.2) is 0 Å². The van der Waals surface area contributed by atoms with Gasteiger partial charge in [-0.3, -0.25) is 4.79 Å². The van der Waals surface area contributed by atoms with Crippen LogP contribution < -0.4 is 0 Å². The van der Waals surface area contributed by atoms with E-state index >= 15 is 0 Å². The third-order valence-corrected chi connectivity index (χ3v) is 2.25. The Kier molecular flexibility index (Phi) is 2.32. The van der Waals surface area contributed by atoms with Crippen LogP contribution in [0.25, 0.3) is 0 Å². The second-order valence-corrected chi connectivity index (χ2v) is 3.13. The predicted octanol–water partition coefficient (Wildman–Crippen LogP) is 1.04. The first kappa shape index (κ1) is 7.31. The summed E-state index contributed by atoms with van der Waals surface area (Å²) in [4.78, 5) is 12.8. The van der Waals surface area contributed by atoms with E-state index in [1.165, 1.54) is 12.8 Å². The Hall–Kier alpha value is 0.200. The van der Waals surface area contributed by atoms with Crippen molar-refractivity contribution in [2.75, 3.05) is 11.5 Å². The molecule has 1 aliphatic carbocycles. The van der Waals surface area contributed by atoms with Crippen LogP contribution in [0.3, 0.4) is 0 Å². The molecular formula is C6H10INO. The molecule has 0 aromatic carbocycles. The van der Waals surface area contributed by atoms with Crippen LogP contribution in [0.5, 0.6) is 0 Å². The van der Waals surface area contributed by atoms with Crippen molar-refractivity contribution < 1.29 is 4.79 Å². The predicted molar refractivity (Wildman–Crippen MR) is 44.7 cm³/mol. The van der Waals surface area contributed by atoms with E-state index in [-0.39, 0.29) is 5.91 Å². The SMILES string of the molecule is CN(C(=O)CI)C1CC1. The minimum absolute atomic E-state index is 0.262. The van der Waals surface area contributed by atoms with E-state index in [2.05, 4.69) is 22.6 Å². The minimum Gasteiger partial charge on any atom is -0.342 e. The quantitative estimate of drug-likeness (QED) is 0.520. The summed E-state index contributed by atoms with van der Waals surface area (Å²) in [6, 6.07) is 0.576. The molecule has 0 spiro atoms. The van der Waals surface area contributed by atoms with Crippen molar-refractivity contribution in [3.05, 3.63) is 0 Å². The van der Waals surface area contributed by atoms with Crippen LogP contribution in [-0.4, -0.2) is 28.3 Å². The topological polar surface area (TPSA) is 20.3 Å². The molecule has 1 amide bonds. The average Bonchev–Trinajstić information content (AvgIpc) is 2.66. The lowest BCUT2D eigenvalue weighted by molar-refractivity contribution is -0.127. The van der Waals surface area contributed by atoms with Crippen LogP contribution in [-0.2, 0) is 4.79 Å². The second kappa shape index (κ2) is 2.86. The molecule has 0 radical (unpaired) electrons. The van der Waals surface area contributed by atoms with Crippen LogP contribution in [0, 0.1) is 0 Å². The zero-order valence-corrected chi connectivity index (χ0v) is 7.59. The molecule has 0 heterocycles. The zero-order valence-electron chi connectivity index (χ0n) is 5.43. The van der Waals surface area contributed by atoms with Gasteiger partial charge >= 0.3 is 0 Å². The third-order valence-electron chi connectivity index (χ3n) is 1.60. The second-order valence-electron chi connectivity index (χ2n) is 2.37. The van der Waals surface area contributed by atoms with Gasteiger partial charge in [-0.2, -0.15) is 0 Å². The van der Waals surface area contributed by atoms with Gasteiger partial charge in [-0.05, 0) is 12.8 Å². The number of carbonyl (C=O) groups is 1. The van der Waals surface area contributed by atoms with Crippen LogP contribution >= 0.6 is 22.6 Å². The molecule has 0 unspecified atom stereocenters. The Morgan fingerprint density at radius 3 is 2.67 bits per heavy atom. The van der Waals surface area contributed by atoms with E-state index < -0.39 is 0 Å². The van der Waals surface area contributed by atoms with Crippen LogP contribution in [0.1, 0.15) is 12.8 Å². The molecule has 9 heavy (non-hydrogen) atoms. The molecule has 3 heteroatoms. The maximum atomic E-state index is 10.9. The van der Waals surface area contributed by atoms with Gasteiger partial charge in [0.25, 0.3) is 0 Å². The van der Waals surface area contributed by atoms with Gasteiger partial charge in [0, 0.05) is 13.1 Å². The summed E-state index contributed by atoms with van der Waals surface area (Å²) in [6.07, 6.45) is 2.41. The first-order valence-corrected chi connectivity index (χ1v) is 4.60. The van der Waals surface area contributed by atoms with Crippen molar-refractivity contribution in [2.24, 2.45) is 0 Å². The van der Waals surface area contributed by atoms with Crippen molar-refractivity contribution in [1.82, 2.24) is 4.90 Å². The Morgan fingerprint density at radius 2 is 2.33 bits per heavy atom. The molecule has 0 saturated heterocycles. The third kappa shape index (κ3) is 1.81. The molecule has 0 N–H and O–H groups in total. The minimum atomic E-state index is 0.262. The van der Waals surface area contributed by atoms with Crippen LogP contribution in [0.4, 0.5) is 0 Å². The van der Waals surface area contributed by atoms with Crippen molar-refractivity contribution in [3.8, 4) is 0 Å². The zero-order chi connectivity index (χ0) is 6.85. The molecule has 1 aliphatic rings. The number of nitrogens with zero attached hydrogens (tertiary/aromatic N) is 1. The molecule has 0 atom stereocenters. The summed E-state index contributed by atoms with van der Waals surface area (Å²) in [7, 11) is 1.89. The number of hydrogen-bond acceptors (Lipinski definition) is 1. The maximum absolute atomic E-state index is 10.9. The maximum Gasteiger partial charge on any atom is 0.232 e. The summed E-state index contributed by atoms with van der Waals surface area (Å²) in [5.74, 6) is 0.262. The fourth-order valence-corrected chi connectivity index (χ4v) is 1.30. The van der Waals surface area contributed by atoms with Crippen LogP contribution in [0.2, 0.25) is 0 Å². The van der Waals surface area contributed by atoms with Gasteiger partial charge in [-0.1, -0.05) is 22.6 Å². The molecule has 1 rings (SSSR count). The fraction of sp³-hybridized carbons (Fsp3) is 0.833. The number of alkyl halides is 1. The highest BCUT2D eigenvalue weighted by Crippen LogP contribution is 2.25. The lowest BCUT2D eigenvalue weighted by Gasteiger charge is -2.13. The van der Waals surface area contributed by atoms with Gasteiger partial charge < -0.3 is 4.90 Å². The summed E-state index contributed by atoms with van der Waals surface area (Å²) in [5, 5.41) is 0. The molecule has 1 saturated carbocycles. The van der Waals surface area contributed by atoms with Crippen molar-refractivity contribution >= 4 is 28.5 Å². The van der Waals surface area contributed by atoms with Crippen molar-refractivity contribution in [3.63, 3.8) is 0 Å². The van der Waals surface area contributed by atoms with Gasteiger partial charge in [-0.15, -0.1) is 0 Å². The Morgan fingerprint density at radius 1 is 1.78 bits per heavy atom. The van der Waals surface area contributed by atoms with Gasteiger partial charge in [-0.25, -0.2) is 0 Å². The first-order valence-electron chi connectivity index (χ1n) is 3.07. The smallest absolute Gasteiger partial charge is 0.232 e. The molecule has 52 valence electrons. The van der Waals surface area contributed by atoms with E-state index in [9.17, 15) is 4.79 Å². The number of amides is 1. The van der Waals surface area contributed by atoms with E-state index in [0.29, 0.717) is 10.5 Å². The molecule has 2 nitrogen and oxygen atoms in total. The lowest BCUT2D eigenvalue weighted by atomic mass is 10.5. The molecule has 0 aliphatic heterocycles. The summed E-state index contributed by atoms with van der Waals surface area (Å²) in [5.41, 5.74) is 0. The number of rotatable bonds is 2. The lowest BCUT2D eigenvalue weighted by Crippen LogP contribution is -2.29. The normalized spacial score (nSPS) is 17.6. The molecule has 0 aromatic rings. The largest absolute Gasteiger partial charge is 0.342 e. The monoisotopic (exact) mass is 239 g/mol. The molecular weight excluding hydrogens is 229 g/mol. The standard InChI is InChI=1S/C6H10INO/c1-8(5-2-3-5)6(9)4-7/h5H,2-4H2,1H3. The first-order chi connectivity index (χ1) is 4.25. The highest BCUT2D eigenvalue weighted by atomic mass is 127. The molecule has 0 bridgehead atoms. The van der Waals surface area contributed by atoms with E-state index in [0.717, 1.165) is 0 Å². The van der Waals surface area contributed by atoms with E-state index in [4.69, 9.17) is 0 Å². The number of halogens is 1. The van der Waals surface area contributed by atoms with E-state index in [1.54, 1.807) is 0 Å². The Bertz CT molecular complexity index is 122. The van der Waals surface area contributed by atoms with Crippen molar-refractivity contribution in [2.45, 2.75) is 18.9 Å². The van der Waals surface area contributed by atoms with Gasteiger partial charge in [0.1, 0.15) is 0 Å². The van der Waals surface area contributed by atoms with Gasteiger partial charge in [0.2, 0.25) is 5.91 Å². The van der Waals surface area contributed by atoms with Gasteiger partial charge in [0.15, 0.2) is 0 Å². The Labute approximate surface area is 68.7 Å².